The number of para-hydroxylation sites is 1. The van der Waals surface area contributed by atoms with Crippen LogP contribution in [0.5, 0.6) is 0 Å². The SMILES string of the molecule is O=C(Nc1ccc(NC(=O)c2cc3ccccc3oc2=O)cc1)c1ccco1. The minimum Gasteiger partial charge on any atom is -0.459 e. The summed E-state index contributed by atoms with van der Waals surface area (Å²) in [5.74, 6) is -0.761. The fraction of sp³-hybridized carbons (Fsp3) is 0. The Kier molecular flexibility index (Phi) is 4.47. The van der Waals surface area contributed by atoms with E-state index >= 15 is 0 Å². The molecule has 2 amide bonds. The highest BCUT2D eigenvalue weighted by Gasteiger charge is 2.14. The molecule has 0 atom stereocenters. The van der Waals surface area contributed by atoms with Gasteiger partial charge in [0.1, 0.15) is 11.1 Å². The van der Waals surface area contributed by atoms with Crippen LogP contribution in [-0.2, 0) is 0 Å². The number of nitrogens with one attached hydrogen (secondary N) is 2. The Bertz CT molecular complexity index is 1210. The van der Waals surface area contributed by atoms with Crippen molar-refractivity contribution in [1.82, 2.24) is 0 Å². The molecule has 2 N–H and O–H groups in total. The molecular weight excluding hydrogens is 360 g/mol. The molecule has 2 aromatic carbocycles. The molecule has 0 unspecified atom stereocenters. The maximum Gasteiger partial charge on any atom is 0.349 e. The molecule has 28 heavy (non-hydrogen) atoms. The first-order chi connectivity index (χ1) is 13.6. The molecule has 0 radical (unpaired) electrons. The zero-order chi connectivity index (χ0) is 19.5. The highest BCUT2D eigenvalue weighted by Crippen LogP contribution is 2.17. The number of carbonyl (C=O) groups is 2. The van der Waals surface area contributed by atoms with Gasteiger partial charge in [-0.05, 0) is 48.5 Å². The second kappa shape index (κ2) is 7.24. The van der Waals surface area contributed by atoms with Crippen LogP contribution in [0.1, 0.15) is 20.9 Å². The maximum absolute atomic E-state index is 12.4. The fourth-order valence-corrected chi connectivity index (χ4v) is 2.66. The van der Waals surface area contributed by atoms with E-state index in [0.717, 1.165) is 0 Å². The van der Waals surface area contributed by atoms with E-state index in [1.165, 1.54) is 12.3 Å². The molecule has 0 bridgehead atoms. The Morgan fingerprint density at radius 2 is 1.46 bits per heavy atom. The molecule has 7 heteroatoms. The molecule has 7 nitrogen and oxygen atoms in total. The highest BCUT2D eigenvalue weighted by molar-refractivity contribution is 6.06. The lowest BCUT2D eigenvalue weighted by molar-refractivity contribution is 0.0994. The van der Waals surface area contributed by atoms with Crippen molar-refractivity contribution in [3.05, 3.63) is 94.7 Å². The van der Waals surface area contributed by atoms with Crippen molar-refractivity contribution in [2.24, 2.45) is 0 Å². The van der Waals surface area contributed by atoms with Gasteiger partial charge in [-0.1, -0.05) is 18.2 Å². The minimum atomic E-state index is -0.710. The van der Waals surface area contributed by atoms with E-state index < -0.39 is 11.5 Å². The molecule has 4 aromatic rings. The van der Waals surface area contributed by atoms with Gasteiger partial charge < -0.3 is 19.5 Å². The van der Waals surface area contributed by atoms with Gasteiger partial charge >= 0.3 is 5.63 Å². The predicted octanol–water partition coefficient (Wildman–Crippen LogP) is 3.89. The topological polar surface area (TPSA) is 102 Å². The highest BCUT2D eigenvalue weighted by atomic mass is 16.4. The number of hydrogen-bond donors (Lipinski definition) is 2. The summed E-state index contributed by atoms with van der Waals surface area (Å²) in [5, 5.41) is 5.97. The Labute approximate surface area is 158 Å². The van der Waals surface area contributed by atoms with Gasteiger partial charge in [0.25, 0.3) is 11.8 Å². The van der Waals surface area contributed by atoms with Gasteiger partial charge in [-0.25, -0.2) is 4.79 Å². The van der Waals surface area contributed by atoms with Gasteiger partial charge in [0.05, 0.1) is 6.26 Å². The molecule has 0 fully saturated rings. The summed E-state index contributed by atoms with van der Waals surface area (Å²) >= 11 is 0. The lowest BCUT2D eigenvalue weighted by atomic mass is 10.1. The zero-order valence-corrected chi connectivity index (χ0v) is 14.5. The molecule has 0 saturated heterocycles. The normalized spacial score (nSPS) is 10.6. The van der Waals surface area contributed by atoms with E-state index in [0.29, 0.717) is 22.3 Å². The van der Waals surface area contributed by atoms with Gasteiger partial charge in [-0.3, -0.25) is 9.59 Å². The Morgan fingerprint density at radius 3 is 2.14 bits per heavy atom. The summed E-state index contributed by atoms with van der Waals surface area (Å²) < 4.78 is 10.2. The van der Waals surface area contributed by atoms with Gasteiger partial charge in [0, 0.05) is 16.8 Å². The summed E-state index contributed by atoms with van der Waals surface area (Å²) in [5.41, 5.74) is 0.617. The van der Waals surface area contributed by atoms with Gasteiger partial charge in [0.15, 0.2) is 5.76 Å². The van der Waals surface area contributed by atoms with Crippen LogP contribution in [0.25, 0.3) is 11.0 Å². The third-order valence-electron chi connectivity index (χ3n) is 4.03. The molecule has 4 rings (SSSR count). The molecule has 0 aliphatic carbocycles. The van der Waals surface area contributed by atoms with Crippen molar-refractivity contribution >= 4 is 34.2 Å². The van der Waals surface area contributed by atoms with Crippen LogP contribution < -0.4 is 16.3 Å². The van der Waals surface area contributed by atoms with Crippen molar-refractivity contribution in [1.29, 1.82) is 0 Å². The number of furan rings is 1. The molecule has 138 valence electrons. The van der Waals surface area contributed by atoms with E-state index in [-0.39, 0.29) is 17.2 Å². The second-order valence-corrected chi connectivity index (χ2v) is 5.95. The third kappa shape index (κ3) is 3.54. The van der Waals surface area contributed by atoms with Crippen LogP contribution in [0.15, 0.2) is 86.6 Å². The smallest absolute Gasteiger partial charge is 0.349 e. The van der Waals surface area contributed by atoms with Gasteiger partial charge in [-0.15, -0.1) is 0 Å². The van der Waals surface area contributed by atoms with Crippen molar-refractivity contribution in [3.8, 4) is 0 Å². The Morgan fingerprint density at radius 1 is 0.786 bits per heavy atom. The van der Waals surface area contributed by atoms with Crippen LogP contribution in [0.2, 0.25) is 0 Å². The first-order valence-corrected chi connectivity index (χ1v) is 8.39. The van der Waals surface area contributed by atoms with E-state index in [1.54, 1.807) is 60.7 Å². The summed E-state index contributed by atoms with van der Waals surface area (Å²) in [6, 6.07) is 18.1. The van der Waals surface area contributed by atoms with Gasteiger partial charge in [-0.2, -0.15) is 0 Å². The summed E-state index contributed by atoms with van der Waals surface area (Å²) in [4.78, 5) is 36.5. The monoisotopic (exact) mass is 374 g/mol. The quantitative estimate of drug-likeness (QED) is 0.528. The number of benzene rings is 2. The fourth-order valence-electron chi connectivity index (χ4n) is 2.66. The van der Waals surface area contributed by atoms with Crippen LogP contribution in [0, 0.1) is 0 Å². The first-order valence-electron chi connectivity index (χ1n) is 8.39. The largest absolute Gasteiger partial charge is 0.459 e. The number of fused-ring (bicyclic) bond motifs is 1. The average molecular weight is 374 g/mol. The molecule has 0 spiro atoms. The van der Waals surface area contributed by atoms with E-state index in [4.69, 9.17) is 8.83 Å². The first kappa shape index (κ1) is 17.3. The number of anilines is 2. The standard InChI is InChI=1S/C21H14N2O5/c24-19(16-12-13-4-1-2-5-17(13)28-21(16)26)22-14-7-9-15(10-8-14)23-20(25)18-6-3-11-27-18/h1-12H,(H,22,24)(H,23,25). The van der Waals surface area contributed by atoms with Crippen molar-refractivity contribution in [3.63, 3.8) is 0 Å². The van der Waals surface area contributed by atoms with Crippen LogP contribution in [-0.4, -0.2) is 11.8 Å². The van der Waals surface area contributed by atoms with Crippen LogP contribution in [0.4, 0.5) is 11.4 Å². The molecule has 0 aliphatic heterocycles. The Balaban J connectivity index is 1.48. The summed E-state index contributed by atoms with van der Waals surface area (Å²) in [6.45, 7) is 0. The zero-order valence-electron chi connectivity index (χ0n) is 14.5. The third-order valence-corrected chi connectivity index (χ3v) is 4.03. The number of rotatable bonds is 4. The summed E-state index contributed by atoms with van der Waals surface area (Å²) in [6.07, 6.45) is 1.41. The minimum absolute atomic E-state index is 0.0890. The molecule has 0 saturated carbocycles. The second-order valence-electron chi connectivity index (χ2n) is 5.95. The molecular formula is C21H14N2O5. The molecule has 2 aromatic heterocycles. The predicted molar refractivity (Wildman–Crippen MR) is 104 cm³/mol. The van der Waals surface area contributed by atoms with Crippen LogP contribution in [0.3, 0.4) is 0 Å². The number of amides is 2. The lowest BCUT2D eigenvalue weighted by Crippen LogP contribution is -2.20. The Hall–Kier alpha value is -4.13. The molecule has 2 heterocycles. The number of hydrogen-bond acceptors (Lipinski definition) is 5. The van der Waals surface area contributed by atoms with E-state index in [2.05, 4.69) is 10.6 Å². The van der Waals surface area contributed by atoms with Crippen molar-refractivity contribution in [2.75, 3.05) is 10.6 Å². The van der Waals surface area contributed by atoms with Gasteiger partial charge in [0.2, 0.25) is 0 Å². The maximum atomic E-state index is 12.4. The van der Waals surface area contributed by atoms with Crippen molar-refractivity contribution < 1.29 is 18.4 Å². The van der Waals surface area contributed by atoms with E-state index in [9.17, 15) is 14.4 Å². The number of carbonyl (C=O) groups excluding carboxylic acids is 2. The summed E-state index contributed by atoms with van der Waals surface area (Å²) in [7, 11) is 0. The molecule has 0 aliphatic rings. The van der Waals surface area contributed by atoms with E-state index in [1.807, 2.05) is 0 Å². The average Bonchev–Trinajstić information content (AvgIpc) is 3.24. The van der Waals surface area contributed by atoms with Crippen LogP contribution >= 0.6 is 0 Å². The van der Waals surface area contributed by atoms with Crippen molar-refractivity contribution in [2.45, 2.75) is 0 Å². The lowest BCUT2D eigenvalue weighted by Gasteiger charge is -2.07.